The lowest BCUT2D eigenvalue weighted by Gasteiger charge is -2.22. The molecule has 2 N–H and O–H groups in total. The number of rotatable bonds is 5. The van der Waals surface area contributed by atoms with Gasteiger partial charge < -0.3 is 10.4 Å². The summed E-state index contributed by atoms with van der Waals surface area (Å²) in [5, 5.41) is 13.1. The predicted octanol–water partition coefficient (Wildman–Crippen LogP) is 2.93. The summed E-state index contributed by atoms with van der Waals surface area (Å²) in [6.45, 7) is 1.47. The first-order valence-corrected chi connectivity index (χ1v) is 9.95. The average Bonchev–Trinajstić information content (AvgIpc) is 2.66. The Morgan fingerprint density at radius 3 is 2.63 bits per heavy atom. The molecule has 2 aromatic rings. The van der Waals surface area contributed by atoms with E-state index in [-0.39, 0.29) is 34.3 Å². The number of halogens is 1. The molecule has 1 aliphatic carbocycles. The molecule has 0 radical (unpaired) electrons. The first-order valence-electron chi connectivity index (χ1n) is 8.96. The van der Waals surface area contributed by atoms with Gasteiger partial charge in [0.25, 0.3) is 5.56 Å². The third kappa shape index (κ3) is 4.68. The number of carbonyl (C=O) groups is 1. The van der Waals surface area contributed by atoms with Crippen molar-refractivity contribution in [3.63, 3.8) is 0 Å². The van der Waals surface area contributed by atoms with Crippen molar-refractivity contribution >= 4 is 17.7 Å². The minimum atomic E-state index is -0.454. The lowest BCUT2D eigenvalue weighted by molar-refractivity contribution is -0.119. The fraction of sp³-hybridized carbons (Fsp3) is 0.421. The van der Waals surface area contributed by atoms with Crippen LogP contribution in [0.25, 0.3) is 5.69 Å². The van der Waals surface area contributed by atoms with Crippen molar-refractivity contribution in [2.45, 2.75) is 50.2 Å². The summed E-state index contributed by atoms with van der Waals surface area (Å²) in [4.78, 5) is 28.9. The van der Waals surface area contributed by atoms with Gasteiger partial charge in [-0.1, -0.05) is 31.0 Å². The van der Waals surface area contributed by atoms with Crippen LogP contribution >= 0.6 is 11.8 Å². The highest BCUT2D eigenvalue weighted by Crippen LogP contribution is 2.23. The van der Waals surface area contributed by atoms with E-state index >= 15 is 0 Å². The third-order valence-electron chi connectivity index (χ3n) is 4.64. The lowest BCUT2D eigenvalue weighted by atomic mass is 9.95. The van der Waals surface area contributed by atoms with E-state index in [0.29, 0.717) is 5.69 Å². The number of aromatic nitrogens is 2. The molecule has 0 saturated heterocycles. The molecule has 1 aromatic heterocycles. The third-order valence-corrected chi connectivity index (χ3v) is 5.58. The molecule has 1 aromatic carbocycles. The maximum Gasteiger partial charge on any atom is 0.265 e. The Balaban J connectivity index is 1.80. The summed E-state index contributed by atoms with van der Waals surface area (Å²) >= 11 is 1.07. The van der Waals surface area contributed by atoms with Gasteiger partial charge in [0.2, 0.25) is 11.8 Å². The van der Waals surface area contributed by atoms with Crippen molar-refractivity contribution in [3.05, 3.63) is 46.0 Å². The van der Waals surface area contributed by atoms with E-state index in [2.05, 4.69) is 10.3 Å². The molecular weight excluding hydrogens is 369 g/mol. The van der Waals surface area contributed by atoms with Crippen molar-refractivity contribution in [2.75, 3.05) is 5.75 Å². The number of hydrogen-bond acceptors (Lipinski definition) is 5. The van der Waals surface area contributed by atoms with Gasteiger partial charge in [-0.3, -0.25) is 14.2 Å². The van der Waals surface area contributed by atoms with Gasteiger partial charge in [0.1, 0.15) is 5.82 Å². The summed E-state index contributed by atoms with van der Waals surface area (Å²) in [5.41, 5.74) is 0.0619. The Morgan fingerprint density at radius 2 is 1.96 bits per heavy atom. The van der Waals surface area contributed by atoms with E-state index in [0.717, 1.165) is 37.4 Å². The zero-order valence-corrected chi connectivity index (χ0v) is 15.9. The lowest BCUT2D eigenvalue weighted by Crippen LogP contribution is -2.37. The molecule has 8 heteroatoms. The summed E-state index contributed by atoms with van der Waals surface area (Å²) in [6, 6.07) is 5.61. The second kappa shape index (κ2) is 8.56. The highest BCUT2D eigenvalue weighted by Gasteiger charge is 2.19. The van der Waals surface area contributed by atoms with Gasteiger partial charge >= 0.3 is 0 Å². The largest absolute Gasteiger partial charge is 0.493 e. The topological polar surface area (TPSA) is 84.2 Å². The SMILES string of the molecule is Cc1c(O)nc(SCC(=O)NC2CCCCC2)n(-c2ccc(F)cc2)c1=O. The van der Waals surface area contributed by atoms with Crippen molar-refractivity contribution in [2.24, 2.45) is 0 Å². The molecule has 1 amide bonds. The molecule has 3 rings (SSSR count). The second-order valence-electron chi connectivity index (χ2n) is 6.65. The first kappa shape index (κ1) is 19.4. The molecule has 1 heterocycles. The van der Waals surface area contributed by atoms with Gasteiger partial charge in [-0.25, -0.2) is 4.39 Å². The Hall–Kier alpha value is -2.35. The number of nitrogens with zero attached hydrogens (tertiary/aromatic N) is 2. The standard InChI is InChI=1S/C19H22FN3O3S/c1-12-17(25)22-19(23(18(12)26)15-9-7-13(20)8-10-15)27-11-16(24)21-14-5-3-2-4-6-14/h7-10,14,25H,2-6,11H2,1H3,(H,21,24). The number of benzene rings is 1. The van der Waals surface area contributed by atoms with E-state index in [1.54, 1.807) is 0 Å². The van der Waals surface area contributed by atoms with Crippen LogP contribution in [0.1, 0.15) is 37.7 Å². The summed E-state index contributed by atoms with van der Waals surface area (Å²) in [5.74, 6) is -0.844. The predicted molar refractivity (Wildman–Crippen MR) is 102 cm³/mol. The zero-order chi connectivity index (χ0) is 19.4. The van der Waals surface area contributed by atoms with Crippen LogP contribution < -0.4 is 10.9 Å². The van der Waals surface area contributed by atoms with Crippen LogP contribution in [0.3, 0.4) is 0 Å². The van der Waals surface area contributed by atoms with E-state index in [1.807, 2.05) is 0 Å². The van der Waals surface area contributed by atoms with Crippen LogP contribution in [-0.2, 0) is 4.79 Å². The van der Waals surface area contributed by atoms with Crippen molar-refractivity contribution in [1.82, 2.24) is 14.9 Å². The van der Waals surface area contributed by atoms with Gasteiger partial charge in [-0.15, -0.1) is 0 Å². The van der Waals surface area contributed by atoms with Crippen molar-refractivity contribution in [1.29, 1.82) is 0 Å². The fourth-order valence-corrected chi connectivity index (χ4v) is 3.95. The highest BCUT2D eigenvalue weighted by atomic mass is 32.2. The van der Waals surface area contributed by atoms with Gasteiger partial charge in [0, 0.05) is 6.04 Å². The van der Waals surface area contributed by atoms with Gasteiger partial charge in [0.15, 0.2) is 5.16 Å². The normalized spacial score (nSPS) is 14.9. The molecule has 1 fully saturated rings. The van der Waals surface area contributed by atoms with Crippen LogP contribution in [0.4, 0.5) is 4.39 Å². The summed E-state index contributed by atoms with van der Waals surface area (Å²) in [6.07, 6.45) is 5.42. The molecule has 27 heavy (non-hydrogen) atoms. The molecule has 0 atom stereocenters. The second-order valence-corrected chi connectivity index (χ2v) is 7.59. The monoisotopic (exact) mass is 391 g/mol. The number of nitrogens with one attached hydrogen (secondary N) is 1. The average molecular weight is 391 g/mol. The molecule has 0 spiro atoms. The molecule has 1 aliphatic rings. The Kier molecular flexibility index (Phi) is 6.15. The number of thioether (sulfide) groups is 1. The molecule has 0 aliphatic heterocycles. The smallest absolute Gasteiger partial charge is 0.265 e. The minimum Gasteiger partial charge on any atom is -0.493 e. The molecule has 1 saturated carbocycles. The van der Waals surface area contributed by atoms with Crippen molar-refractivity contribution in [3.8, 4) is 11.6 Å². The number of aromatic hydroxyl groups is 1. The maximum absolute atomic E-state index is 13.2. The Morgan fingerprint density at radius 1 is 1.30 bits per heavy atom. The quantitative estimate of drug-likeness (QED) is 0.605. The number of hydrogen-bond donors (Lipinski definition) is 2. The van der Waals surface area contributed by atoms with Crippen LogP contribution in [0, 0.1) is 12.7 Å². The fourth-order valence-electron chi connectivity index (χ4n) is 3.14. The first-order chi connectivity index (χ1) is 13.0. The van der Waals surface area contributed by atoms with Gasteiger partial charge in [-0.2, -0.15) is 4.98 Å². The number of amides is 1. The molecule has 0 unspecified atom stereocenters. The highest BCUT2D eigenvalue weighted by molar-refractivity contribution is 7.99. The molecular formula is C19H22FN3O3S. The zero-order valence-electron chi connectivity index (χ0n) is 15.1. The summed E-state index contributed by atoms with van der Waals surface area (Å²) in [7, 11) is 0. The number of carbonyl (C=O) groups excluding carboxylic acids is 1. The van der Waals surface area contributed by atoms with Crippen LogP contribution in [0.2, 0.25) is 0 Å². The molecule has 144 valence electrons. The van der Waals surface area contributed by atoms with Gasteiger partial charge in [-0.05, 0) is 44.0 Å². The Labute approximate surface area is 160 Å². The van der Waals surface area contributed by atoms with Gasteiger partial charge in [0.05, 0.1) is 17.0 Å². The minimum absolute atomic E-state index is 0.0760. The van der Waals surface area contributed by atoms with Crippen LogP contribution in [0.5, 0.6) is 5.88 Å². The van der Waals surface area contributed by atoms with Crippen molar-refractivity contribution < 1.29 is 14.3 Å². The van der Waals surface area contributed by atoms with E-state index < -0.39 is 11.4 Å². The van der Waals surface area contributed by atoms with Crippen LogP contribution in [0.15, 0.2) is 34.2 Å². The van der Waals surface area contributed by atoms with E-state index in [1.165, 1.54) is 42.2 Å². The van der Waals surface area contributed by atoms with Crippen LogP contribution in [-0.4, -0.2) is 32.4 Å². The molecule has 0 bridgehead atoms. The van der Waals surface area contributed by atoms with E-state index in [9.17, 15) is 19.1 Å². The summed E-state index contributed by atoms with van der Waals surface area (Å²) < 4.78 is 14.5. The molecule has 6 nitrogen and oxygen atoms in total. The van der Waals surface area contributed by atoms with E-state index in [4.69, 9.17) is 0 Å². The Bertz CT molecular complexity index is 877. The maximum atomic E-state index is 13.2.